The van der Waals surface area contributed by atoms with Gasteiger partial charge in [-0.15, -0.1) is 0 Å². The number of fused-ring (bicyclic) bond motifs is 2. The van der Waals surface area contributed by atoms with Crippen molar-refractivity contribution in [1.29, 1.82) is 5.26 Å². The Kier molecular flexibility index (Phi) is 4.98. The van der Waals surface area contributed by atoms with E-state index in [2.05, 4.69) is 9.97 Å². The average Bonchev–Trinajstić information content (AvgIpc) is 3.39. The van der Waals surface area contributed by atoms with Crippen molar-refractivity contribution >= 4 is 39.6 Å². The third kappa shape index (κ3) is 3.34. The van der Waals surface area contributed by atoms with Crippen molar-refractivity contribution in [2.75, 3.05) is 18.0 Å². The number of benzene rings is 2. The highest BCUT2D eigenvalue weighted by molar-refractivity contribution is 6.19. The van der Waals surface area contributed by atoms with E-state index in [0.717, 1.165) is 22.0 Å². The summed E-state index contributed by atoms with van der Waals surface area (Å²) in [6.45, 7) is 2.97. The van der Waals surface area contributed by atoms with Gasteiger partial charge in [-0.3, -0.25) is 9.59 Å². The summed E-state index contributed by atoms with van der Waals surface area (Å²) >= 11 is 0. The number of aryl methyl sites for hydroxylation is 1. The lowest BCUT2D eigenvalue weighted by atomic mass is 9.82. The standard InChI is InChI=1S/C25H22N4O3/c1-15-22(17-6-2-3-7-19(17)27-15)24(31)18(14-26)23(30)16-10-12-29(13-11-16)25-28-20-8-4-5-9-21(20)32-25/h2-9,16,18,27H,10-13H2,1H3. The minimum Gasteiger partial charge on any atom is -0.423 e. The van der Waals surface area contributed by atoms with E-state index >= 15 is 0 Å². The molecule has 1 aliphatic heterocycles. The molecule has 1 atom stereocenters. The maximum absolute atomic E-state index is 13.2. The van der Waals surface area contributed by atoms with Gasteiger partial charge in [-0.2, -0.15) is 10.2 Å². The zero-order chi connectivity index (χ0) is 22.2. The molecule has 0 saturated carbocycles. The van der Waals surface area contributed by atoms with Crippen LogP contribution in [0.15, 0.2) is 52.9 Å². The smallest absolute Gasteiger partial charge is 0.298 e. The van der Waals surface area contributed by atoms with Crippen LogP contribution in [0.4, 0.5) is 6.01 Å². The SMILES string of the molecule is Cc1[nH]c2ccccc2c1C(=O)C(C#N)C(=O)C1CCN(c2nc3ccccc3o2)CC1. The molecule has 2 aromatic carbocycles. The molecular formula is C25H22N4O3. The second kappa shape index (κ2) is 7.97. The number of Topliss-reactive ketones (excluding diaryl/α,β-unsaturated/α-hetero) is 2. The first-order chi connectivity index (χ1) is 15.6. The lowest BCUT2D eigenvalue weighted by Gasteiger charge is -2.30. The summed E-state index contributed by atoms with van der Waals surface area (Å²) in [6.07, 6.45) is 1.10. The van der Waals surface area contributed by atoms with Gasteiger partial charge in [0.25, 0.3) is 6.01 Å². The van der Waals surface area contributed by atoms with Crippen LogP contribution in [0, 0.1) is 30.1 Å². The Bertz CT molecular complexity index is 1340. The number of hydrogen-bond acceptors (Lipinski definition) is 6. The molecule has 1 aliphatic rings. The largest absolute Gasteiger partial charge is 0.423 e. The number of aromatic amines is 1. The fourth-order valence-electron chi connectivity index (χ4n) is 4.58. The molecule has 0 radical (unpaired) electrons. The van der Waals surface area contributed by atoms with Crippen LogP contribution in [0.2, 0.25) is 0 Å². The zero-order valence-corrected chi connectivity index (χ0v) is 17.7. The molecule has 1 unspecified atom stereocenters. The Balaban J connectivity index is 1.32. The summed E-state index contributed by atoms with van der Waals surface area (Å²) in [7, 11) is 0. The molecule has 160 valence electrons. The number of para-hydroxylation sites is 3. The van der Waals surface area contributed by atoms with Crippen molar-refractivity contribution in [3.05, 3.63) is 59.8 Å². The molecule has 0 bridgehead atoms. The molecule has 1 saturated heterocycles. The van der Waals surface area contributed by atoms with E-state index in [9.17, 15) is 14.9 Å². The highest BCUT2D eigenvalue weighted by atomic mass is 16.4. The van der Waals surface area contributed by atoms with E-state index < -0.39 is 11.7 Å². The Labute approximate surface area is 184 Å². The first-order valence-corrected chi connectivity index (χ1v) is 10.7. The van der Waals surface area contributed by atoms with Crippen molar-refractivity contribution in [1.82, 2.24) is 9.97 Å². The highest BCUT2D eigenvalue weighted by Crippen LogP contribution is 2.30. The monoisotopic (exact) mass is 426 g/mol. The van der Waals surface area contributed by atoms with Crippen molar-refractivity contribution in [3.63, 3.8) is 0 Å². The molecule has 7 heteroatoms. The van der Waals surface area contributed by atoms with Gasteiger partial charge in [0, 0.05) is 41.2 Å². The molecule has 7 nitrogen and oxygen atoms in total. The maximum atomic E-state index is 13.2. The minimum absolute atomic E-state index is 0.292. The number of carbonyl (C=O) groups excluding carboxylic acids is 2. The molecule has 3 heterocycles. The van der Waals surface area contributed by atoms with Crippen molar-refractivity contribution < 1.29 is 14.0 Å². The average molecular weight is 426 g/mol. The number of anilines is 1. The first kappa shape index (κ1) is 20.0. The van der Waals surface area contributed by atoms with Crippen LogP contribution in [0.25, 0.3) is 22.0 Å². The normalized spacial score (nSPS) is 15.7. The van der Waals surface area contributed by atoms with Gasteiger partial charge < -0.3 is 14.3 Å². The predicted molar refractivity (Wildman–Crippen MR) is 120 cm³/mol. The minimum atomic E-state index is -1.30. The van der Waals surface area contributed by atoms with E-state index in [4.69, 9.17) is 4.42 Å². The van der Waals surface area contributed by atoms with E-state index in [1.165, 1.54) is 0 Å². The number of H-pyrrole nitrogens is 1. The third-order valence-electron chi connectivity index (χ3n) is 6.27. The second-order valence-electron chi connectivity index (χ2n) is 8.22. The Morgan fingerprint density at radius 1 is 1.16 bits per heavy atom. The molecule has 1 fully saturated rings. The molecular weight excluding hydrogens is 404 g/mol. The summed E-state index contributed by atoms with van der Waals surface area (Å²) in [6, 6.07) is 17.5. The lowest BCUT2D eigenvalue weighted by Crippen LogP contribution is -2.39. The van der Waals surface area contributed by atoms with Crippen molar-refractivity contribution in [2.24, 2.45) is 11.8 Å². The third-order valence-corrected chi connectivity index (χ3v) is 6.27. The van der Waals surface area contributed by atoms with Crippen LogP contribution in [0.3, 0.4) is 0 Å². The Morgan fingerprint density at radius 3 is 2.62 bits per heavy atom. The van der Waals surface area contributed by atoms with Crippen LogP contribution < -0.4 is 4.90 Å². The fourth-order valence-corrected chi connectivity index (χ4v) is 4.58. The van der Waals surface area contributed by atoms with Crippen LogP contribution >= 0.6 is 0 Å². The van der Waals surface area contributed by atoms with Crippen LogP contribution in [0.5, 0.6) is 0 Å². The van der Waals surface area contributed by atoms with E-state index in [-0.39, 0.29) is 11.7 Å². The van der Waals surface area contributed by atoms with Crippen LogP contribution in [-0.4, -0.2) is 34.6 Å². The fraction of sp³-hybridized carbons (Fsp3) is 0.280. The highest BCUT2D eigenvalue weighted by Gasteiger charge is 2.37. The van der Waals surface area contributed by atoms with Gasteiger partial charge in [-0.25, -0.2) is 0 Å². The topological polar surface area (TPSA) is 103 Å². The summed E-state index contributed by atoms with van der Waals surface area (Å²) in [5.74, 6) is -2.35. The Hall–Kier alpha value is -3.92. The molecule has 0 amide bonds. The number of piperidine rings is 1. The summed E-state index contributed by atoms with van der Waals surface area (Å²) in [5, 5.41) is 10.5. The van der Waals surface area contributed by atoms with Gasteiger partial charge in [0.1, 0.15) is 5.52 Å². The second-order valence-corrected chi connectivity index (χ2v) is 8.22. The summed E-state index contributed by atoms with van der Waals surface area (Å²) in [5.41, 5.74) is 3.46. The summed E-state index contributed by atoms with van der Waals surface area (Å²) < 4.78 is 5.83. The number of aromatic nitrogens is 2. The van der Waals surface area contributed by atoms with Crippen LogP contribution in [-0.2, 0) is 4.79 Å². The number of carbonyl (C=O) groups is 2. The van der Waals surface area contributed by atoms with E-state index in [1.807, 2.05) is 59.5 Å². The number of hydrogen-bond donors (Lipinski definition) is 1. The molecule has 32 heavy (non-hydrogen) atoms. The molecule has 2 aromatic heterocycles. The molecule has 4 aromatic rings. The number of oxazole rings is 1. The van der Waals surface area contributed by atoms with Crippen LogP contribution in [0.1, 0.15) is 28.9 Å². The molecule has 5 rings (SSSR count). The molecule has 1 N–H and O–H groups in total. The molecule has 0 aliphatic carbocycles. The Morgan fingerprint density at radius 2 is 1.88 bits per heavy atom. The van der Waals surface area contributed by atoms with E-state index in [0.29, 0.717) is 43.2 Å². The van der Waals surface area contributed by atoms with Gasteiger partial charge in [-0.05, 0) is 38.0 Å². The maximum Gasteiger partial charge on any atom is 0.298 e. The van der Waals surface area contributed by atoms with Gasteiger partial charge in [0.2, 0.25) is 0 Å². The predicted octanol–water partition coefficient (Wildman–Crippen LogP) is 4.43. The number of nitrogens with zero attached hydrogens (tertiary/aromatic N) is 3. The first-order valence-electron chi connectivity index (χ1n) is 10.7. The number of ketones is 2. The number of rotatable bonds is 5. The van der Waals surface area contributed by atoms with Crippen molar-refractivity contribution in [2.45, 2.75) is 19.8 Å². The molecule has 0 spiro atoms. The zero-order valence-electron chi connectivity index (χ0n) is 17.7. The summed E-state index contributed by atoms with van der Waals surface area (Å²) in [4.78, 5) is 36.1. The van der Waals surface area contributed by atoms with Crippen molar-refractivity contribution in [3.8, 4) is 6.07 Å². The van der Waals surface area contributed by atoms with Gasteiger partial charge in [0.15, 0.2) is 23.1 Å². The van der Waals surface area contributed by atoms with Gasteiger partial charge in [-0.1, -0.05) is 30.3 Å². The quantitative estimate of drug-likeness (QED) is 0.374. The number of nitrogens with one attached hydrogen (secondary N) is 1. The van der Waals surface area contributed by atoms with E-state index in [1.54, 1.807) is 6.92 Å². The van der Waals surface area contributed by atoms with Gasteiger partial charge in [0.05, 0.1) is 6.07 Å². The van der Waals surface area contributed by atoms with Gasteiger partial charge >= 0.3 is 0 Å². The lowest BCUT2D eigenvalue weighted by molar-refractivity contribution is -0.124. The number of nitriles is 1.